The van der Waals surface area contributed by atoms with E-state index in [4.69, 9.17) is 0 Å². The number of nitrogens with one attached hydrogen (secondary N) is 1. The quantitative estimate of drug-likeness (QED) is 0.844. The predicted molar refractivity (Wildman–Crippen MR) is 71.5 cm³/mol. The fraction of sp³-hybridized carbons (Fsp3) is 0.364. The van der Waals surface area contributed by atoms with E-state index in [0.29, 0.717) is 5.56 Å². The summed E-state index contributed by atoms with van der Waals surface area (Å²) in [5.74, 6) is -0.675. The Balaban J connectivity index is 3.33. The van der Waals surface area contributed by atoms with Crippen LogP contribution in [0.1, 0.15) is 12.5 Å². The van der Waals surface area contributed by atoms with Crippen LogP contribution in [0, 0.1) is 0 Å². The molecule has 0 aliphatic carbocycles. The van der Waals surface area contributed by atoms with Gasteiger partial charge in [-0.2, -0.15) is 4.72 Å². The Hall–Kier alpha value is -0.920. The number of hydrogen-bond acceptors (Lipinski definition) is 4. The Bertz CT molecular complexity index is 558. The van der Waals surface area contributed by atoms with Crippen LogP contribution in [-0.4, -0.2) is 27.8 Å². The van der Waals surface area contributed by atoms with Crippen molar-refractivity contribution in [2.45, 2.75) is 12.5 Å². The van der Waals surface area contributed by atoms with Crippen LogP contribution in [0.3, 0.4) is 0 Å². The molecule has 100 valence electrons. The number of carbonyl (C=O) groups is 1. The number of hydrogen-bond donors (Lipinski definition) is 1. The molecule has 0 aliphatic rings. The third-order valence-electron chi connectivity index (χ3n) is 2.39. The lowest BCUT2D eigenvalue weighted by molar-refractivity contribution is -0.147. The highest BCUT2D eigenvalue weighted by Gasteiger charge is 2.39. The van der Waals surface area contributed by atoms with Crippen LogP contribution in [0.4, 0.5) is 0 Å². The molecule has 0 bridgehead atoms. The Kier molecular flexibility index (Phi) is 4.52. The van der Waals surface area contributed by atoms with Gasteiger partial charge in [0, 0.05) is 4.47 Å². The van der Waals surface area contributed by atoms with Crippen molar-refractivity contribution in [3.8, 4) is 0 Å². The van der Waals surface area contributed by atoms with Crippen LogP contribution in [0.15, 0.2) is 28.7 Å². The molecule has 0 fully saturated rings. The molecule has 5 nitrogen and oxygen atoms in total. The van der Waals surface area contributed by atoms with Crippen LogP contribution in [-0.2, 0) is 25.1 Å². The third-order valence-corrected chi connectivity index (χ3v) is 3.66. The van der Waals surface area contributed by atoms with Gasteiger partial charge in [0.15, 0.2) is 5.54 Å². The second kappa shape index (κ2) is 5.38. The first-order chi connectivity index (χ1) is 8.19. The number of sulfonamides is 1. The molecule has 1 N–H and O–H groups in total. The molecule has 0 saturated heterocycles. The summed E-state index contributed by atoms with van der Waals surface area (Å²) in [6.45, 7) is 1.46. The zero-order valence-corrected chi connectivity index (χ0v) is 12.6. The van der Waals surface area contributed by atoms with Crippen molar-refractivity contribution in [2.75, 3.05) is 13.4 Å². The Morgan fingerprint density at radius 1 is 1.44 bits per heavy atom. The summed E-state index contributed by atoms with van der Waals surface area (Å²) in [6, 6.07) is 6.81. The number of methoxy groups -OCH3 is 1. The highest BCUT2D eigenvalue weighted by atomic mass is 79.9. The average Bonchev–Trinajstić information content (AvgIpc) is 2.25. The van der Waals surface area contributed by atoms with E-state index in [0.717, 1.165) is 10.7 Å². The number of carbonyl (C=O) groups excluding carboxylic acids is 1. The Morgan fingerprint density at radius 3 is 2.50 bits per heavy atom. The van der Waals surface area contributed by atoms with Crippen molar-refractivity contribution in [1.29, 1.82) is 0 Å². The van der Waals surface area contributed by atoms with Crippen molar-refractivity contribution in [3.05, 3.63) is 34.3 Å². The minimum Gasteiger partial charge on any atom is -0.467 e. The summed E-state index contributed by atoms with van der Waals surface area (Å²) in [5.41, 5.74) is -0.958. The van der Waals surface area contributed by atoms with Gasteiger partial charge in [0.2, 0.25) is 10.0 Å². The first-order valence-electron chi connectivity index (χ1n) is 5.02. The van der Waals surface area contributed by atoms with Gasteiger partial charge < -0.3 is 4.74 Å². The zero-order valence-electron chi connectivity index (χ0n) is 10.2. The molecule has 7 heteroatoms. The van der Waals surface area contributed by atoms with Crippen molar-refractivity contribution >= 4 is 31.9 Å². The largest absolute Gasteiger partial charge is 0.467 e. The lowest BCUT2D eigenvalue weighted by Crippen LogP contribution is -2.49. The van der Waals surface area contributed by atoms with Gasteiger partial charge in [0.05, 0.1) is 13.4 Å². The van der Waals surface area contributed by atoms with Gasteiger partial charge >= 0.3 is 5.97 Å². The second-order valence-electron chi connectivity index (χ2n) is 4.00. The summed E-state index contributed by atoms with van der Waals surface area (Å²) >= 11 is 3.28. The molecule has 18 heavy (non-hydrogen) atoms. The lowest BCUT2D eigenvalue weighted by Gasteiger charge is -2.27. The third kappa shape index (κ3) is 3.54. The first-order valence-corrected chi connectivity index (χ1v) is 7.71. The molecule has 0 saturated carbocycles. The molecule has 1 atom stereocenters. The molecule has 0 amide bonds. The van der Waals surface area contributed by atoms with E-state index >= 15 is 0 Å². The lowest BCUT2D eigenvalue weighted by atomic mass is 9.93. The molecule has 1 aromatic carbocycles. The van der Waals surface area contributed by atoms with Crippen molar-refractivity contribution in [3.63, 3.8) is 0 Å². The molecule has 0 heterocycles. The van der Waals surface area contributed by atoms with E-state index < -0.39 is 21.5 Å². The van der Waals surface area contributed by atoms with E-state index in [-0.39, 0.29) is 0 Å². The Morgan fingerprint density at radius 2 is 2.06 bits per heavy atom. The maximum atomic E-state index is 11.9. The Labute approximate surface area is 115 Å². The highest BCUT2D eigenvalue weighted by molar-refractivity contribution is 9.10. The normalized spacial score (nSPS) is 14.9. The van der Waals surface area contributed by atoms with Gasteiger partial charge in [-0.1, -0.05) is 28.1 Å². The second-order valence-corrected chi connectivity index (χ2v) is 6.67. The zero-order chi connectivity index (χ0) is 14.0. The molecule has 0 radical (unpaired) electrons. The number of ether oxygens (including phenoxy) is 1. The molecular formula is C11H14BrNO4S. The van der Waals surface area contributed by atoms with Crippen molar-refractivity contribution in [2.24, 2.45) is 0 Å². The number of esters is 1. The van der Waals surface area contributed by atoms with Crippen LogP contribution in [0.25, 0.3) is 0 Å². The van der Waals surface area contributed by atoms with Crippen LogP contribution >= 0.6 is 15.9 Å². The van der Waals surface area contributed by atoms with Gasteiger partial charge in [-0.25, -0.2) is 13.2 Å². The summed E-state index contributed by atoms with van der Waals surface area (Å²) in [5, 5.41) is 0. The van der Waals surface area contributed by atoms with Crippen molar-refractivity contribution in [1.82, 2.24) is 4.72 Å². The van der Waals surface area contributed by atoms with Gasteiger partial charge in [-0.3, -0.25) is 0 Å². The smallest absolute Gasteiger partial charge is 0.331 e. The summed E-state index contributed by atoms with van der Waals surface area (Å²) in [7, 11) is -2.35. The van der Waals surface area contributed by atoms with E-state index in [2.05, 4.69) is 25.4 Å². The topological polar surface area (TPSA) is 72.5 Å². The molecule has 1 aromatic rings. The highest BCUT2D eigenvalue weighted by Crippen LogP contribution is 2.25. The fourth-order valence-corrected chi connectivity index (χ4v) is 2.93. The van der Waals surface area contributed by atoms with E-state index in [1.54, 1.807) is 24.3 Å². The molecule has 0 aliphatic heterocycles. The predicted octanol–water partition coefficient (Wildman–Crippen LogP) is 1.39. The van der Waals surface area contributed by atoms with Gasteiger partial charge in [0.25, 0.3) is 0 Å². The van der Waals surface area contributed by atoms with Crippen LogP contribution in [0.2, 0.25) is 0 Å². The maximum absolute atomic E-state index is 11.9. The molecular weight excluding hydrogens is 322 g/mol. The molecule has 1 unspecified atom stereocenters. The van der Waals surface area contributed by atoms with E-state index in [1.165, 1.54) is 14.0 Å². The van der Waals surface area contributed by atoms with E-state index in [1.807, 2.05) is 0 Å². The average molecular weight is 336 g/mol. The summed E-state index contributed by atoms with van der Waals surface area (Å²) in [6.07, 6.45) is 0.992. The van der Waals surface area contributed by atoms with Crippen LogP contribution < -0.4 is 4.72 Å². The monoisotopic (exact) mass is 335 g/mol. The number of halogens is 1. The SMILES string of the molecule is COC(=O)C(C)(NS(C)(=O)=O)c1cccc(Br)c1. The molecule has 0 spiro atoms. The molecule has 1 rings (SSSR count). The van der Waals surface area contributed by atoms with Crippen LogP contribution in [0.5, 0.6) is 0 Å². The number of benzene rings is 1. The van der Waals surface area contributed by atoms with Crippen molar-refractivity contribution < 1.29 is 17.9 Å². The van der Waals surface area contributed by atoms with Gasteiger partial charge in [-0.05, 0) is 24.6 Å². The standard InChI is InChI=1S/C11H14BrNO4S/c1-11(10(14)17-2,13-18(3,15)16)8-5-4-6-9(12)7-8/h4-7,13H,1-3H3. The molecule has 0 aromatic heterocycles. The van der Waals surface area contributed by atoms with Gasteiger partial charge in [-0.15, -0.1) is 0 Å². The summed E-state index contributed by atoms with van der Waals surface area (Å²) < 4.78 is 30.5. The van der Waals surface area contributed by atoms with Gasteiger partial charge in [0.1, 0.15) is 0 Å². The van der Waals surface area contributed by atoms with E-state index in [9.17, 15) is 13.2 Å². The fourth-order valence-electron chi connectivity index (χ4n) is 1.59. The number of rotatable bonds is 4. The summed E-state index contributed by atoms with van der Waals surface area (Å²) in [4.78, 5) is 11.9. The first kappa shape index (κ1) is 15.1. The maximum Gasteiger partial charge on any atom is 0.331 e. The minimum absolute atomic E-state index is 0.495. The minimum atomic E-state index is -3.56.